The number of rotatable bonds is 8. The maximum atomic E-state index is 13.3. The van der Waals surface area contributed by atoms with E-state index >= 15 is 0 Å². The molecule has 3 atom stereocenters. The number of nitrogens with one attached hydrogen (secondary N) is 1. The van der Waals surface area contributed by atoms with E-state index in [2.05, 4.69) is 20.2 Å². The van der Waals surface area contributed by atoms with Crippen molar-refractivity contribution in [3.05, 3.63) is 54.7 Å². The third-order valence-electron chi connectivity index (χ3n) is 6.97. The van der Waals surface area contributed by atoms with Crippen LogP contribution in [-0.4, -0.2) is 75.0 Å². The number of hydrogen-bond acceptors (Lipinski definition) is 9. The molecule has 4 heterocycles. The highest BCUT2D eigenvalue weighted by molar-refractivity contribution is 5.78. The van der Waals surface area contributed by atoms with Gasteiger partial charge in [0.05, 0.1) is 12.1 Å². The first-order valence-corrected chi connectivity index (χ1v) is 13.1. The Morgan fingerprint density at radius 1 is 1.15 bits per heavy atom. The molecule has 2 amide bonds. The monoisotopic (exact) mass is 535 g/mol. The Labute approximate surface area is 226 Å². The van der Waals surface area contributed by atoms with Crippen molar-refractivity contribution in [1.29, 1.82) is 0 Å². The fourth-order valence-corrected chi connectivity index (χ4v) is 4.61. The Kier molecular flexibility index (Phi) is 7.80. The fraction of sp³-hybridized carbons (Fsp3) is 0.444. The number of nitrogens with zero attached hydrogens (tertiary/aromatic N) is 6. The summed E-state index contributed by atoms with van der Waals surface area (Å²) in [5.74, 6) is 2.36. The molecular formula is C27H33N7O5. The molecule has 1 aromatic carbocycles. The minimum atomic E-state index is -0.370. The van der Waals surface area contributed by atoms with Crippen LogP contribution in [0.4, 0.5) is 10.6 Å². The maximum Gasteiger partial charge on any atom is 0.410 e. The topological polar surface area (TPSA) is 124 Å². The van der Waals surface area contributed by atoms with Crippen molar-refractivity contribution in [2.24, 2.45) is 0 Å². The number of ether oxygens (including phenoxy) is 3. The van der Waals surface area contributed by atoms with Crippen LogP contribution in [0.25, 0.3) is 5.95 Å². The first kappa shape index (κ1) is 26.3. The minimum Gasteiger partial charge on any atom is -0.454 e. The molecule has 3 aromatic rings. The summed E-state index contributed by atoms with van der Waals surface area (Å²) in [4.78, 5) is 43.0. The Bertz CT molecular complexity index is 1300. The molecule has 0 spiro atoms. The zero-order valence-electron chi connectivity index (χ0n) is 22.3. The SMILES string of the molecule is CCC(C)OC(=O)N1CCN(c2ccnc(-n3ccnc3)n2)C(CC(=O)NC(C)c2ccc3c(c2)OCO3)C1. The number of benzene rings is 1. The van der Waals surface area contributed by atoms with Crippen molar-refractivity contribution >= 4 is 17.8 Å². The summed E-state index contributed by atoms with van der Waals surface area (Å²) in [7, 11) is 0. The van der Waals surface area contributed by atoms with Gasteiger partial charge < -0.3 is 29.3 Å². The highest BCUT2D eigenvalue weighted by Crippen LogP contribution is 2.34. The van der Waals surface area contributed by atoms with Crippen molar-refractivity contribution in [2.75, 3.05) is 31.3 Å². The Hall–Kier alpha value is -4.35. The summed E-state index contributed by atoms with van der Waals surface area (Å²) in [5.41, 5.74) is 0.910. The lowest BCUT2D eigenvalue weighted by Gasteiger charge is -2.41. The van der Waals surface area contributed by atoms with Crippen LogP contribution in [0.3, 0.4) is 0 Å². The molecular weight excluding hydrogens is 502 g/mol. The molecule has 206 valence electrons. The van der Waals surface area contributed by atoms with Crippen LogP contribution in [0.15, 0.2) is 49.2 Å². The lowest BCUT2D eigenvalue weighted by atomic mass is 10.1. The third-order valence-corrected chi connectivity index (χ3v) is 6.97. The first-order valence-electron chi connectivity index (χ1n) is 13.1. The molecule has 0 bridgehead atoms. The average molecular weight is 536 g/mol. The van der Waals surface area contributed by atoms with Gasteiger partial charge in [-0.2, -0.15) is 4.98 Å². The van der Waals surface area contributed by atoms with Crippen molar-refractivity contribution < 1.29 is 23.8 Å². The van der Waals surface area contributed by atoms with Crippen LogP contribution >= 0.6 is 0 Å². The van der Waals surface area contributed by atoms with Crippen molar-refractivity contribution in [3.63, 3.8) is 0 Å². The van der Waals surface area contributed by atoms with E-state index in [0.717, 1.165) is 12.0 Å². The van der Waals surface area contributed by atoms with E-state index in [9.17, 15) is 9.59 Å². The van der Waals surface area contributed by atoms with E-state index in [-0.39, 0.29) is 43.4 Å². The van der Waals surface area contributed by atoms with Gasteiger partial charge in [0, 0.05) is 44.6 Å². The molecule has 0 aliphatic carbocycles. The average Bonchev–Trinajstić information content (AvgIpc) is 3.65. The maximum absolute atomic E-state index is 13.3. The number of carbonyl (C=O) groups excluding carboxylic acids is 2. The second-order valence-electron chi connectivity index (χ2n) is 9.69. The van der Waals surface area contributed by atoms with Gasteiger partial charge in [-0.05, 0) is 44.0 Å². The van der Waals surface area contributed by atoms with Crippen LogP contribution in [-0.2, 0) is 9.53 Å². The Balaban J connectivity index is 1.32. The quantitative estimate of drug-likeness (QED) is 0.463. The van der Waals surface area contributed by atoms with Gasteiger partial charge in [0.25, 0.3) is 0 Å². The molecule has 2 aromatic heterocycles. The molecule has 3 unspecified atom stereocenters. The van der Waals surface area contributed by atoms with Crippen molar-refractivity contribution in [1.82, 2.24) is 29.7 Å². The zero-order valence-corrected chi connectivity index (χ0v) is 22.3. The molecule has 12 heteroatoms. The minimum absolute atomic E-state index is 0.142. The molecule has 1 fully saturated rings. The number of anilines is 1. The number of fused-ring (bicyclic) bond motifs is 1. The highest BCUT2D eigenvalue weighted by Gasteiger charge is 2.33. The number of aromatic nitrogens is 4. The third kappa shape index (κ3) is 6.05. The summed E-state index contributed by atoms with van der Waals surface area (Å²) >= 11 is 0. The second-order valence-corrected chi connectivity index (χ2v) is 9.69. The molecule has 12 nitrogen and oxygen atoms in total. The van der Waals surface area contributed by atoms with E-state index < -0.39 is 0 Å². The largest absolute Gasteiger partial charge is 0.454 e. The van der Waals surface area contributed by atoms with Crippen molar-refractivity contribution in [2.45, 2.75) is 51.8 Å². The van der Waals surface area contributed by atoms with E-state index in [1.807, 2.05) is 45.0 Å². The van der Waals surface area contributed by atoms with Gasteiger partial charge in [0.1, 0.15) is 18.2 Å². The summed E-state index contributed by atoms with van der Waals surface area (Å²) in [6.45, 7) is 7.22. The predicted octanol–water partition coefficient (Wildman–Crippen LogP) is 3.08. The highest BCUT2D eigenvalue weighted by atomic mass is 16.7. The Morgan fingerprint density at radius 2 is 2.00 bits per heavy atom. The molecule has 39 heavy (non-hydrogen) atoms. The normalized spacial score (nSPS) is 18.0. The second kappa shape index (κ2) is 11.6. The predicted molar refractivity (Wildman–Crippen MR) is 142 cm³/mol. The zero-order chi connectivity index (χ0) is 27.4. The van der Waals surface area contributed by atoms with E-state index in [1.54, 1.807) is 34.4 Å². The van der Waals surface area contributed by atoms with Crippen LogP contribution in [0.2, 0.25) is 0 Å². The fourth-order valence-electron chi connectivity index (χ4n) is 4.61. The number of carbonyl (C=O) groups is 2. The lowest BCUT2D eigenvalue weighted by Crippen LogP contribution is -2.56. The number of piperazine rings is 1. The van der Waals surface area contributed by atoms with Gasteiger partial charge in [-0.1, -0.05) is 13.0 Å². The molecule has 0 radical (unpaired) electrons. The van der Waals surface area contributed by atoms with E-state index in [0.29, 0.717) is 42.9 Å². The van der Waals surface area contributed by atoms with Gasteiger partial charge in [-0.25, -0.2) is 14.8 Å². The number of amides is 2. The van der Waals surface area contributed by atoms with Crippen LogP contribution in [0.5, 0.6) is 11.5 Å². The molecule has 5 rings (SSSR count). The number of hydrogen-bond donors (Lipinski definition) is 1. The van der Waals surface area contributed by atoms with E-state index in [1.165, 1.54) is 0 Å². The Morgan fingerprint density at radius 3 is 2.79 bits per heavy atom. The summed E-state index contributed by atoms with van der Waals surface area (Å²) in [5, 5.41) is 3.08. The van der Waals surface area contributed by atoms with Crippen molar-refractivity contribution in [3.8, 4) is 17.4 Å². The first-order chi connectivity index (χ1) is 18.9. The molecule has 0 saturated carbocycles. The lowest BCUT2D eigenvalue weighted by molar-refractivity contribution is -0.122. The van der Waals surface area contributed by atoms with Gasteiger partial charge in [0.2, 0.25) is 18.6 Å². The smallest absolute Gasteiger partial charge is 0.410 e. The van der Waals surface area contributed by atoms with Gasteiger partial charge >= 0.3 is 6.09 Å². The summed E-state index contributed by atoms with van der Waals surface area (Å²) in [6, 6.07) is 6.88. The van der Waals surface area contributed by atoms with E-state index in [4.69, 9.17) is 19.2 Å². The number of imidazole rings is 1. The van der Waals surface area contributed by atoms with Crippen LogP contribution < -0.4 is 19.7 Å². The molecule has 2 aliphatic rings. The van der Waals surface area contributed by atoms with Crippen LogP contribution in [0, 0.1) is 0 Å². The van der Waals surface area contributed by atoms with Crippen LogP contribution in [0.1, 0.15) is 45.2 Å². The standard InChI is InChI=1S/C27H33N7O5/c1-4-18(2)39-27(36)32-11-12-34(24-7-8-29-26(31-24)33-10-9-28-16-33)21(15-32)14-25(35)30-19(3)20-5-6-22-23(13-20)38-17-37-22/h5-10,13,16,18-19,21H,4,11-12,14-15,17H2,1-3H3,(H,30,35). The molecule has 1 saturated heterocycles. The van der Waals surface area contributed by atoms with Gasteiger partial charge in [-0.3, -0.25) is 9.36 Å². The van der Waals surface area contributed by atoms with Gasteiger partial charge in [0.15, 0.2) is 11.5 Å². The molecule has 2 aliphatic heterocycles. The summed E-state index contributed by atoms with van der Waals surface area (Å²) in [6.07, 6.45) is 7.07. The summed E-state index contributed by atoms with van der Waals surface area (Å²) < 4.78 is 18.2. The molecule has 1 N–H and O–H groups in total. The van der Waals surface area contributed by atoms with Gasteiger partial charge in [-0.15, -0.1) is 0 Å².